The Morgan fingerprint density at radius 1 is 1.08 bits per heavy atom. The SMILES string of the molecule is COc1ccccc1CN(CCC(=O)Nc1cccc(C)c1C)C(C)=O. The van der Waals surface area contributed by atoms with Crippen LogP contribution in [0.2, 0.25) is 0 Å². The summed E-state index contributed by atoms with van der Waals surface area (Å²) in [6.45, 7) is 6.27. The number of amides is 2. The Morgan fingerprint density at radius 3 is 2.50 bits per heavy atom. The van der Waals surface area contributed by atoms with Gasteiger partial charge in [-0.15, -0.1) is 0 Å². The van der Waals surface area contributed by atoms with Crippen LogP contribution < -0.4 is 10.1 Å². The maximum absolute atomic E-state index is 12.3. The highest BCUT2D eigenvalue weighted by atomic mass is 16.5. The second-order valence-electron chi connectivity index (χ2n) is 6.30. The number of aryl methyl sites for hydroxylation is 1. The summed E-state index contributed by atoms with van der Waals surface area (Å²) in [6, 6.07) is 13.4. The molecule has 1 N–H and O–H groups in total. The fourth-order valence-electron chi connectivity index (χ4n) is 2.72. The number of rotatable bonds is 7. The molecule has 0 spiro atoms. The van der Waals surface area contributed by atoms with E-state index in [1.807, 2.05) is 56.3 Å². The summed E-state index contributed by atoms with van der Waals surface area (Å²) in [5, 5.41) is 2.93. The fraction of sp³-hybridized carbons (Fsp3) is 0.333. The molecule has 2 aromatic rings. The van der Waals surface area contributed by atoms with Crippen LogP contribution in [0.15, 0.2) is 42.5 Å². The molecule has 5 nitrogen and oxygen atoms in total. The molecule has 0 radical (unpaired) electrons. The lowest BCUT2D eigenvalue weighted by molar-refractivity contribution is -0.129. The van der Waals surface area contributed by atoms with Gasteiger partial charge in [-0.05, 0) is 37.1 Å². The highest BCUT2D eigenvalue weighted by molar-refractivity contribution is 5.92. The van der Waals surface area contributed by atoms with E-state index in [1.54, 1.807) is 12.0 Å². The third-order valence-corrected chi connectivity index (χ3v) is 4.49. The van der Waals surface area contributed by atoms with Crippen LogP contribution in [0.4, 0.5) is 5.69 Å². The van der Waals surface area contributed by atoms with Crippen molar-refractivity contribution in [3.8, 4) is 5.75 Å². The Hall–Kier alpha value is -2.82. The summed E-state index contributed by atoms with van der Waals surface area (Å²) in [6.07, 6.45) is 0.238. The van der Waals surface area contributed by atoms with Crippen molar-refractivity contribution in [3.05, 3.63) is 59.2 Å². The van der Waals surface area contributed by atoms with Gasteiger partial charge in [0.2, 0.25) is 11.8 Å². The summed E-state index contributed by atoms with van der Waals surface area (Å²) in [4.78, 5) is 25.9. The predicted molar refractivity (Wildman–Crippen MR) is 103 cm³/mol. The zero-order valence-corrected chi connectivity index (χ0v) is 15.8. The molecule has 2 rings (SSSR count). The molecule has 2 amide bonds. The number of benzene rings is 2. The van der Waals surface area contributed by atoms with Gasteiger partial charge in [-0.3, -0.25) is 9.59 Å². The molecule has 26 heavy (non-hydrogen) atoms. The summed E-state index contributed by atoms with van der Waals surface area (Å²) < 4.78 is 5.34. The van der Waals surface area contributed by atoms with Gasteiger partial charge >= 0.3 is 0 Å². The molecule has 0 aliphatic heterocycles. The van der Waals surface area contributed by atoms with Crippen molar-refractivity contribution in [1.29, 1.82) is 0 Å². The van der Waals surface area contributed by atoms with Gasteiger partial charge < -0.3 is 15.0 Å². The highest BCUT2D eigenvalue weighted by Gasteiger charge is 2.14. The Balaban J connectivity index is 1.99. The van der Waals surface area contributed by atoms with Crippen LogP contribution in [-0.4, -0.2) is 30.4 Å². The van der Waals surface area contributed by atoms with Crippen molar-refractivity contribution >= 4 is 17.5 Å². The smallest absolute Gasteiger partial charge is 0.226 e. The number of para-hydroxylation sites is 1. The van der Waals surface area contributed by atoms with Crippen molar-refractivity contribution in [1.82, 2.24) is 4.90 Å². The average molecular weight is 354 g/mol. The summed E-state index contributed by atoms with van der Waals surface area (Å²) in [5.41, 5.74) is 3.91. The van der Waals surface area contributed by atoms with Crippen molar-refractivity contribution in [3.63, 3.8) is 0 Å². The number of anilines is 1. The van der Waals surface area contributed by atoms with E-state index in [0.29, 0.717) is 13.1 Å². The Labute approximate surface area is 155 Å². The van der Waals surface area contributed by atoms with E-state index in [2.05, 4.69) is 5.32 Å². The first kappa shape index (κ1) is 19.5. The number of nitrogens with zero attached hydrogens (tertiary/aromatic N) is 1. The lowest BCUT2D eigenvalue weighted by Gasteiger charge is -2.22. The van der Waals surface area contributed by atoms with E-state index in [4.69, 9.17) is 4.74 Å². The van der Waals surface area contributed by atoms with E-state index < -0.39 is 0 Å². The number of hydrogen-bond acceptors (Lipinski definition) is 3. The maximum atomic E-state index is 12.3. The summed E-state index contributed by atoms with van der Waals surface area (Å²) >= 11 is 0. The minimum absolute atomic E-state index is 0.0737. The van der Waals surface area contributed by atoms with Crippen LogP contribution in [0.25, 0.3) is 0 Å². The molecule has 5 heteroatoms. The third kappa shape index (κ3) is 5.09. The van der Waals surface area contributed by atoms with Gasteiger partial charge in [0, 0.05) is 37.7 Å². The number of carbonyl (C=O) groups is 2. The maximum Gasteiger partial charge on any atom is 0.226 e. The van der Waals surface area contributed by atoms with E-state index in [9.17, 15) is 9.59 Å². The molecule has 0 heterocycles. The molecule has 0 unspecified atom stereocenters. The standard InChI is InChI=1S/C21H26N2O3/c1-15-8-7-10-19(16(15)2)22-21(25)12-13-23(17(3)24)14-18-9-5-6-11-20(18)26-4/h5-11H,12-14H2,1-4H3,(H,22,25). The zero-order chi connectivity index (χ0) is 19.1. The van der Waals surface area contributed by atoms with Gasteiger partial charge in [-0.2, -0.15) is 0 Å². The van der Waals surface area contributed by atoms with Crippen molar-refractivity contribution in [2.75, 3.05) is 19.0 Å². The quantitative estimate of drug-likeness (QED) is 0.825. The molecule has 0 aliphatic carbocycles. The van der Waals surface area contributed by atoms with Crippen LogP contribution in [0.1, 0.15) is 30.0 Å². The van der Waals surface area contributed by atoms with Crippen LogP contribution in [0.5, 0.6) is 5.75 Å². The molecular weight excluding hydrogens is 328 g/mol. The van der Waals surface area contributed by atoms with Gasteiger partial charge in [-0.25, -0.2) is 0 Å². The first-order chi connectivity index (χ1) is 12.4. The number of methoxy groups -OCH3 is 1. The molecule has 138 valence electrons. The first-order valence-corrected chi connectivity index (χ1v) is 8.66. The second-order valence-corrected chi connectivity index (χ2v) is 6.30. The number of ether oxygens (including phenoxy) is 1. The highest BCUT2D eigenvalue weighted by Crippen LogP contribution is 2.20. The molecular formula is C21H26N2O3. The lowest BCUT2D eigenvalue weighted by atomic mass is 10.1. The molecule has 0 aromatic heterocycles. The van der Waals surface area contributed by atoms with Crippen molar-refractivity contribution in [2.24, 2.45) is 0 Å². The second kappa shape index (κ2) is 9.04. The normalized spacial score (nSPS) is 10.3. The molecule has 0 saturated carbocycles. The Morgan fingerprint density at radius 2 is 1.81 bits per heavy atom. The van der Waals surface area contributed by atoms with Gasteiger partial charge in [-0.1, -0.05) is 30.3 Å². The van der Waals surface area contributed by atoms with Crippen LogP contribution >= 0.6 is 0 Å². The van der Waals surface area contributed by atoms with Gasteiger partial charge in [0.1, 0.15) is 5.75 Å². The Bertz CT molecular complexity index is 787. The van der Waals surface area contributed by atoms with Crippen molar-refractivity contribution in [2.45, 2.75) is 33.7 Å². The van der Waals surface area contributed by atoms with Crippen LogP contribution in [0.3, 0.4) is 0 Å². The average Bonchev–Trinajstić information content (AvgIpc) is 2.62. The van der Waals surface area contributed by atoms with Crippen LogP contribution in [-0.2, 0) is 16.1 Å². The number of hydrogen-bond donors (Lipinski definition) is 1. The molecule has 0 atom stereocenters. The first-order valence-electron chi connectivity index (χ1n) is 8.66. The topological polar surface area (TPSA) is 58.6 Å². The molecule has 0 aliphatic rings. The molecule has 0 bridgehead atoms. The fourth-order valence-corrected chi connectivity index (χ4v) is 2.72. The van der Waals surface area contributed by atoms with E-state index in [-0.39, 0.29) is 18.2 Å². The monoisotopic (exact) mass is 354 g/mol. The number of nitrogens with one attached hydrogen (secondary N) is 1. The molecule has 2 aromatic carbocycles. The van der Waals surface area contributed by atoms with E-state index >= 15 is 0 Å². The van der Waals surface area contributed by atoms with E-state index in [1.165, 1.54) is 6.92 Å². The minimum Gasteiger partial charge on any atom is -0.496 e. The van der Waals surface area contributed by atoms with Crippen LogP contribution in [0, 0.1) is 13.8 Å². The molecule has 0 saturated heterocycles. The van der Waals surface area contributed by atoms with Gasteiger partial charge in [0.25, 0.3) is 0 Å². The largest absolute Gasteiger partial charge is 0.496 e. The minimum atomic E-state index is -0.107. The lowest BCUT2D eigenvalue weighted by Crippen LogP contribution is -2.31. The third-order valence-electron chi connectivity index (χ3n) is 4.49. The zero-order valence-electron chi connectivity index (χ0n) is 15.8. The van der Waals surface area contributed by atoms with Crippen molar-refractivity contribution < 1.29 is 14.3 Å². The van der Waals surface area contributed by atoms with Gasteiger partial charge in [0.05, 0.1) is 7.11 Å². The summed E-state index contributed by atoms with van der Waals surface area (Å²) in [7, 11) is 1.61. The predicted octanol–water partition coefficient (Wildman–Crippen LogP) is 3.69. The Kier molecular flexibility index (Phi) is 6.78. The summed E-state index contributed by atoms with van der Waals surface area (Å²) in [5.74, 6) is 0.555. The van der Waals surface area contributed by atoms with E-state index in [0.717, 1.165) is 28.1 Å². The number of carbonyl (C=O) groups excluding carboxylic acids is 2. The van der Waals surface area contributed by atoms with Gasteiger partial charge in [0.15, 0.2) is 0 Å². The molecule has 0 fully saturated rings.